The van der Waals surface area contributed by atoms with Crippen LogP contribution in [-0.4, -0.2) is 47.4 Å². The van der Waals surface area contributed by atoms with Crippen molar-refractivity contribution in [1.29, 1.82) is 0 Å². The van der Waals surface area contributed by atoms with Crippen LogP contribution in [0.4, 0.5) is 5.69 Å². The quantitative estimate of drug-likeness (QED) is 0.201. The van der Waals surface area contributed by atoms with Crippen LogP contribution in [0.5, 0.6) is 0 Å². The summed E-state index contributed by atoms with van der Waals surface area (Å²) in [5, 5.41) is 22.0. The molecule has 0 atom stereocenters. The molecule has 3 aromatic carbocycles. The summed E-state index contributed by atoms with van der Waals surface area (Å²) in [5.74, 6) is 0.665. The van der Waals surface area contributed by atoms with Crippen molar-refractivity contribution in [2.75, 3.05) is 0 Å². The minimum atomic E-state index is -0.406. The Labute approximate surface area is 190 Å². The Morgan fingerprint density at radius 3 is 2.56 bits per heavy atom. The number of hydrogen-bond donors (Lipinski definition) is 0. The van der Waals surface area contributed by atoms with Gasteiger partial charge in [-0.2, -0.15) is 0 Å². The van der Waals surface area contributed by atoms with Gasteiger partial charge in [0.05, 0.1) is 0 Å². The molecule has 0 aliphatic heterocycles. The second-order valence-electron chi connectivity index (χ2n) is 6.86. The third-order valence-corrected chi connectivity index (χ3v) is 7.13. The van der Waals surface area contributed by atoms with E-state index in [2.05, 4.69) is 18.2 Å². The van der Waals surface area contributed by atoms with Crippen molar-refractivity contribution in [2.24, 2.45) is 0 Å². The number of nitro benzene ring substituents is 1. The monoisotopic (exact) mass is 505 g/mol. The fourth-order valence-corrected chi connectivity index (χ4v) is 5.66. The number of nitro groups is 1. The number of nitrogens with zero attached hydrogens (tertiary/aromatic N) is 7. The number of benzene rings is 3. The first kappa shape index (κ1) is 19.1. The first-order valence-electron chi connectivity index (χ1n) is 9.47. The fourth-order valence-electron chi connectivity index (χ4n) is 3.58. The molecule has 9 nitrogen and oxygen atoms in total. The Hall–Kier alpha value is -3.66. The second-order valence-corrected chi connectivity index (χ2v) is 8.98. The van der Waals surface area contributed by atoms with Gasteiger partial charge in [-0.25, -0.2) is 0 Å². The van der Waals surface area contributed by atoms with Crippen LogP contribution in [0.2, 0.25) is 0 Å². The van der Waals surface area contributed by atoms with E-state index in [1.807, 2.05) is 59.0 Å². The molecule has 0 aliphatic carbocycles. The summed E-state index contributed by atoms with van der Waals surface area (Å²) in [6.45, 7) is 0. The van der Waals surface area contributed by atoms with E-state index in [-0.39, 0.29) is 20.6 Å². The SMILES string of the molecule is O=[N+]([O-])c1c(Sc2nnc3c4ccccc4nc(-c4ccccc4)n23)ccc2n[se]nc12. The number of fused-ring (bicyclic) bond motifs is 4. The van der Waals surface area contributed by atoms with Crippen LogP contribution < -0.4 is 0 Å². The van der Waals surface area contributed by atoms with Crippen molar-refractivity contribution in [3.63, 3.8) is 0 Å². The Morgan fingerprint density at radius 2 is 1.72 bits per heavy atom. The van der Waals surface area contributed by atoms with E-state index in [1.54, 1.807) is 12.1 Å². The van der Waals surface area contributed by atoms with E-state index in [4.69, 9.17) is 4.98 Å². The Bertz CT molecular complexity index is 1650. The molecule has 0 unspecified atom stereocenters. The average Bonchev–Trinajstić information content (AvgIpc) is 3.46. The Morgan fingerprint density at radius 1 is 0.906 bits per heavy atom. The van der Waals surface area contributed by atoms with Gasteiger partial charge in [-0.05, 0) is 0 Å². The molecule has 0 saturated heterocycles. The normalized spacial score (nSPS) is 11.5. The predicted octanol–water partition coefficient (Wildman–Crippen LogP) is 4.00. The first-order valence-corrected chi connectivity index (χ1v) is 11.8. The summed E-state index contributed by atoms with van der Waals surface area (Å²) in [6.07, 6.45) is 0. The molecule has 3 heterocycles. The standard InChI is InChI=1S/C21H11N7O2SSe/c29-28(30)18-16(11-10-15-17(18)26-32-25-15)31-21-24-23-20-13-8-4-5-9-14(13)22-19(27(20)21)12-6-2-1-3-7-12/h1-11H. The Balaban J connectivity index is 1.62. The van der Waals surface area contributed by atoms with Gasteiger partial charge in [-0.15, -0.1) is 0 Å². The van der Waals surface area contributed by atoms with Gasteiger partial charge in [-0.3, -0.25) is 0 Å². The van der Waals surface area contributed by atoms with Crippen LogP contribution in [0.1, 0.15) is 0 Å². The van der Waals surface area contributed by atoms with Gasteiger partial charge < -0.3 is 0 Å². The zero-order valence-corrected chi connectivity index (χ0v) is 18.6. The number of para-hydroxylation sites is 1. The summed E-state index contributed by atoms with van der Waals surface area (Å²) in [6, 6.07) is 20.9. The summed E-state index contributed by atoms with van der Waals surface area (Å²) < 4.78 is 10.4. The molecule has 0 radical (unpaired) electrons. The zero-order chi connectivity index (χ0) is 21.7. The molecular formula is C21H11N7O2SSe. The van der Waals surface area contributed by atoms with E-state index >= 15 is 0 Å². The van der Waals surface area contributed by atoms with Gasteiger partial charge >= 0.3 is 191 Å². The third-order valence-electron chi connectivity index (χ3n) is 5.00. The minimum absolute atomic E-state index is 0.0533. The first-order chi connectivity index (χ1) is 15.7. The predicted molar refractivity (Wildman–Crippen MR) is 121 cm³/mol. The van der Waals surface area contributed by atoms with Gasteiger partial charge in [0.25, 0.3) is 0 Å². The molecule has 0 N–H and O–H groups in total. The molecular weight excluding hydrogens is 493 g/mol. The van der Waals surface area contributed by atoms with Crippen LogP contribution in [0.25, 0.3) is 39.0 Å². The molecule has 0 spiro atoms. The van der Waals surface area contributed by atoms with E-state index in [1.165, 1.54) is 11.8 Å². The van der Waals surface area contributed by atoms with E-state index < -0.39 is 4.92 Å². The molecule has 0 amide bonds. The maximum absolute atomic E-state index is 11.9. The molecule has 0 bridgehead atoms. The van der Waals surface area contributed by atoms with Crippen LogP contribution in [0.3, 0.4) is 0 Å². The fraction of sp³-hybridized carbons (Fsp3) is 0. The van der Waals surface area contributed by atoms with Crippen molar-refractivity contribution in [2.45, 2.75) is 10.1 Å². The van der Waals surface area contributed by atoms with E-state index in [9.17, 15) is 10.1 Å². The summed E-state index contributed by atoms with van der Waals surface area (Å²) in [7, 11) is 0. The van der Waals surface area contributed by atoms with E-state index in [0.717, 1.165) is 16.5 Å². The van der Waals surface area contributed by atoms with Crippen LogP contribution in [0, 0.1) is 10.1 Å². The molecule has 6 aromatic rings. The van der Waals surface area contributed by atoms with E-state index in [0.29, 0.717) is 32.6 Å². The summed E-state index contributed by atoms with van der Waals surface area (Å²) in [5.41, 5.74) is 3.18. The topological polar surface area (TPSA) is 112 Å². The van der Waals surface area contributed by atoms with Gasteiger partial charge in [0, 0.05) is 0 Å². The molecule has 0 aliphatic rings. The van der Waals surface area contributed by atoms with Crippen molar-refractivity contribution in [3.8, 4) is 11.4 Å². The van der Waals surface area contributed by atoms with Crippen molar-refractivity contribution >= 4 is 60.0 Å². The molecule has 0 fully saturated rings. The zero-order valence-electron chi connectivity index (χ0n) is 16.1. The Kier molecular flexibility index (Phi) is 4.46. The van der Waals surface area contributed by atoms with Crippen molar-refractivity contribution < 1.29 is 4.92 Å². The molecule has 0 saturated carbocycles. The van der Waals surface area contributed by atoms with Gasteiger partial charge in [0.2, 0.25) is 0 Å². The van der Waals surface area contributed by atoms with Crippen LogP contribution >= 0.6 is 11.8 Å². The summed E-state index contributed by atoms with van der Waals surface area (Å²) >= 11 is 0.815. The van der Waals surface area contributed by atoms with Crippen LogP contribution in [0.15, 0.2) is 76.8 Å². The third kappa shape index (κ3) is 2.98. The molecule has 32 heavy (non-hydrogen) atoms. The van der Waals surface area contributed by atoms with Crippen molar-refractivity contribution in [3.05, 3.63) is 76.8 Å². The van der Waals surface area contributed by atoms with Gasteiger partial charge in [0.1, 0.15) is 0 Å². The molecule has 154 valence electrons. The molecule has 11 heteroatoms. The number of aromatic nitrogens is 6. The molecule has 6 rings (SSSR count). The van der Waals surface area contributed by atoms with Gasteiger partial charge in [-0.1, -0.05) is 0 Å². The van der Waals surface area contributed by atoms with Crippen molar-refractivity contribution in [1.82, 2.24) is 27.5 Å². The average molecular weight is 504 g/mol. The molecule has 3 aromatic heterocycles. The number of rotatable bonds is 4. The maximum atomic E-state index is 11.9. The van der Waals surface area contributed by atoms with Gasteiger partial charge in [0.15, 0.2) is 0 Å². The second kappa shape index (κ2) is 7.48. The summed E-state index contributed by atoms with van der Waals surface area (Å²) in [4.78, 5) is 16.8. The van der Waals surface area contributed by atoms with Crippen LogP contribution in [-0.2, 0) is 0 Å². The number of hydrogen-bond acceptors (Lipinski definition) is 8.